The summed E-state index contributed by atoms with van der Waals surface area (Å²) < 4.78 is 5.93. The molecule has 2 fully saturated rings. The van der Waals surface area contributed by atoms with E-state index in [9.17, 15) is 4.79 Å². The second-order valence-corrected chi connectivity index (χ2v) is 13.2. The molecule has 2 atom stereocenters. The molecule has 5 rings (SSSR count). The number of morpholine rings is 1. The van der Waals surface area contributed by atoms with E-state index in [0.29, 0.717) is 45.8 Å². The van der Waals surface area contributed by atoms with E-state index in [0.717, 1.165) is 44.6 Å². The molecular formula is C32H45N11O2. The van der Waals surface area contributed by atoms with Gasteiger partial charge in [-0.05, 0) is 56.7 Å². The molecule has 0 aliphatic carbocycles. The summed E-state index contributed by atoms with van der Waals surface area (Å²) in [6.07, 6.45) is 4.03. The van der Waals surface area contributed by atoms with Crippen LogP contribution in [-0.4, -0.2) is 86.7 Å². The van der Waals surface area contributed by atoms with Crippen LogP contribution in [0.3, 0.4) is 0 Å². The Balaban J connectivity index is 1.34. The molecule has 1 amide bonds. The number of nitrogens with zero attached hydrogens (tertiary/aromatic N) is 7. The maximum Gasteiger partial charge on any atom is 0.278 e. The number of carbonyl (C=O) groups excluding carboxylic acids is 1. The van der Waals surface area contributed by atoms with Gasteiger partial charge < -0.3 is 31.8 Å². The van der Waals surface area contributed by atoms with Crippen molar-refractivity contribution in [1.82, 2.24) is 24.8 Å². The van der Waals surface area contributed by atoms with Crippen LogP contribution >= 0.6 is 0 Å². The van der Waals surface area contributed by atoms with Crippen molar-refractivity contribution in [2.24, 2.45) is 16.1 Å². The van der Waals surface area contributed by atoms with Crippen LogP contribution in [0.1, 0.15) is 69.8 Å². The van der Waals surface area contributed by atoms with Crippen LogP contribution in [0, 0.1) is 17.7 Å². The van der Waals surface area contributed by atoms with Crippen LogP contribution in [0.5, 0.6) is 0 Å². The van der Waals surface area contributed by atoms with E-state index in [-0.39, 0.29) is 35.7 Å². The molecule has 6 N–H and O–H groups in total. The second-order valence-electron chi connectivity index (χ2n) is 13.2. The number of carbonyl (C=O) groups is 1. The summed E-state index contributed by atoms with van der Waals surface area (Å²) in [7, 11) is 0. The monoisotopic (exact) mass is 615 g/mol. The summed E-state index contributed by atoms with van der Waals surface area (Å²) in [4.78, 5) is 40.1. The zero-order valence-corrected chi connectivity index (χ0v) is 27.1. The number of hydrogen-bond acceptors (Lipinski definition) is 11. The van der Waals surface area contributed by atoms with Crippen LogP contribution in [-0.2, 0) is 4.74 Å². The number of amidine groups is 1. The van der Waals surface area contributed by atoms with E-state index in [2.05, 4.69) is 48.9 Å². The molecule has 2 aliphatic heterocycles. The average molecular weight is 616 g/mol. The number of nitrogens with one attached hydrogen (secondary N) is 2. The smallest absolute Gasteiger partial charge is 0.278 e. The van der Waals surface area contributed by atoms with Gasteiger partial charge in [-0.15, -0.1) is 0 Å². The highest BCUT2D eigenvalue weighted by atomic mass is 16.5. The topological polar surface area (TPSA) is 185 Å². The number of piperidine rings is 1. The van der Waals surface area contributed by atoms with Gasteiger partial charge in [-0.2, -0.15) is 9.98 Å². The predicted molar refractivity (Wildman–Crippen MR) is 179 cm³/mol. The lowest BCUT2D eigenvalue weighted by Crippen LogP contribution is -2.53. The molecule has 0 radical (unpaired) electrons. The van der Waals surface area contributed by atoms with Gasteiger partial charge in [-0.1, -0.05) is 26.8 Å². The predicted octanol–water partition coefficient (Wildman–Crippen LogP) is 4.09. The summed E-state index contributed by atoms with van der Waals surface area (Å²) in [5.74, 6) is 0.907. The fourth-order valence-corrected chi connectivity index (χ4v) is 5.84. The number of rotatable bonds is 7. The van der Waals surface area contributed by atoms with Crippen molar-refractivity contribution in [1.29, 1.82) is 5.41 Å². The minimum atomic E-state index is -0.483. The Morgan fingerprint density at radius 2 is 1.80 bits per heavy atom. The quantitative estimate of drug-likeness (QED) is 0.222. The molecule has 0 saturated carbocycles. The molecule has 13 heteroatoms. The van der Waals surface area contributed by atoms with E-state index >= 15 is 0 Å². The molecule has 45 heavy (non-hydrogen) atoms. The van der Waals surface area contributed by atoms with Gasteiger partial charge in [0.15, 0.2) is 11.6 Å². The molecule has 4 heterocycles. The van der Waals surface area contributed by atoms with Crippen LogP contribution in [0.4, 0.5) is 23.3 Å². The zero-order chi connectivity index (χ0) is 32.5. The minimum absolute atomic E-state index is 0.106. The third kappa shape index (κ3) is 7.54. The van der Waals surface area contributed by atoms with Gasteiger partial charge in [0.2, 0.25) is 5.95 Å². The highest BCUT2D eigenvalue weighted by Gasteiger charge is 2.31. The summed E-state index contributed by atoms with van der Waals surface area (Å²) in [5.41, 5.74) is 15.3. The first kappa shape index (κ1) is 32.2. The van der Waals surface area contributed by atoms with Gasteiger partial charge in [-0.25, -0.2) is 15.0 Å². The Morgan fingerprint density at radius 1 is 1.11 bits per heavy atom. The van der Waals surface area contributed by atoms with Crippen molar-refractivity contribution < 1.29 is 9.53 Å². The minimum Gasteiger partial charge on any atom is -0.387 e. The number of nitrogen functional groups attached to an aromatic ring is 1. The van der Waals surface area contributed by atoms with Crippen molar-refractivity contribution >= 4 is 51.8 Å². The lowest BCUT2D eigenvalue weighted by Gasteiger charge is -2.43. The summed E-state index contributed by atoms with van der Waals surface area (Å²) in [6.45, 7) is 15.5. The number of benzene rings is 1. The Bertz CT molecular complexity index is 1600. The molecule has 2 unspecified atom stereocenters. The molecule has 13 nitrogen and oxygen atoms in total. The van der Waals surface area contributed by atoms with E-state index in [4.69, 9.17) is 26.6 Å². The largest absolute Gasteiger partial charge is 0.387 e. The summed E-state index contributed by atoms with van der Waals surface area (Å²) >= 11 is 0. The maximum atomic E-state index is 13.0. The summed E-state index contributed by atoms with van der Waals surface area (Å²) in [5, 5.41) is 11.5. The third-order valence-corrected chi connectivity index (χ3v) is 8.45. The molecule has 240 valence electrons. The Morgan fingerprint density at radius 3 is 2.47 bits per heavy atom. The number of aliphatic imine (C=N–C) groups is 1. The van der Waals surface area contributed by atoms with E-state index in [1.807, 2.05) is 33.8 Å². The van der Waals surface area contributed by atoms with Gasteiger partial charge in [0.25, 0.3) is 5.91 Å². The third-order valence-electron chi connectivity index (χ3n) is 8.45. The number of nitrogens with two attached hydrogens (primary N) is 2. The lowest BCUT2D eigenvalue weighted by molar-refractivity contribution is -0.0826. The summed E-state index contributed by atoms with van der Waals surface area (Å²) in [6, 6.07) is 5.74. The first-order valence-electron chi connectivity index (χ1n) is 15.5. The van der Waals surface area contributed by atoms with Crippen molar-refractivity contribution in [3.63, 3.8) is 0 Å². The van der Waals surface area contributed by atoms with Gasteiger partial charge >= 0.3 is 0 Å². The maximum absolute atomic E-state index is 13.0. The second kappa shape index (κ2) is 13.0. The number of hydrogen-bond donors (Lipinski definition) is 4. The standard InChI is InChI=1S/C32H45N11O2/c1-18-7-8-21(30(44)39-25(34)14-24(33)32(4,5)6)13-23(18)38-29-27-26(36-17-37-29)28(35)41-31(40-27)42-11-9-22(10-12-42)43-15-19(2)45-20(3)16-43/h7-8,13,17,19-20,22,33H,9-12,14-16H2,1-6H3,(H2,34,39,44)(H2,35,40,41)(H,36,37,38). The Hall–Kier alpha value is -4.23. The number of ether oxygens (including phenoxy) is 1. The van der Waals surface area contributed by atoms with E-state index in [1.54, 1.807) is 12.1 Å². The van der Waals surface area contributed by atoms with Crippen molar-refractivity contribution in [3.8, 4) is 0 Å². The van der Waals surface area contributed by atoms with Gasteiger partial charge in [0.1, 0.15) is 23.2 Å². The van der Waals surface area contributed by atoms with E-state index < -0.39 is 5.91 Å². The van der Waals surface area contributed by atoms with Crippen molar-refractivity contribution in [2.75, 3.05) is 42.1 Å². The van der Waals surface area contributed by atoms with Crippen molar-refractivity contribution in [3.05, 3.63) is 35.7 Å². The number of anilines is 4. The fraction of sp³-hybridized carbons (Fsp3) is 0.531. The van der Waals surface area contributed by atoms with Crippen LogP contribution < -0.4 is 21.7 Å². The SMILES string of the molecule is Cc1ccc(C(=O)N=C(N)CC(=N)C(C)(C)C)cc1Nc1ncnc2c(N)nc(N3CCC(N4CC(C)OC(C)C4)CC3)nc12. The zero-order valence-electron chi connectivity index (χ0n) is 27.1. The fourth-order valence-electron chi connectivity index (χ4n) is 5.84. The van der Waals surface area contributed by atoms with Gasteiger partial charge in [0.05, 0.1) is 12.2 Å². The van der Waals surface area contributed by atoms with Crippen LogP contribution in [0.25, 0.3) is 11.0 Å². The van der Waals surface area contributed by atoms with Crippen LogP contribution in [0.15, 0.2) is 29.5 Å². The molecule has 3 aromatic rings. The number of fused-ring (bicyclic) bond motifs is 1. The molecule has 2 saturated heterocycles. The molecule has 0 spiro atoms. The highest BCUT2D eigenvalue weighted by Crippen LogP contribution is 2.30. The molecule has 1 aromatic carbocycles. The Kier molecular flexibility index (Phi) is 9.31. The van der Waals surface area contributed by atoms with E-state index in [1.165, 1.54) is 6.33 Å². The molecule has 2 aliphatic rings. The van der Waals surface area contributed by atoms with Crippen molar-refractivity contribution in [2.45, 2.75) is 79.1 Å². The highest BCUT2D eigenvalue weighted by molar-refractivity contribution is 6.10. The number of aromatic nitrogens is 4. The lowest BCUT2D eigenvalue weighted by atomic mass is 9.88. The average Bonchev–Trinajstić information content (AvgIpc) is 2.97. The van der Waals surface area contributed by atoms with Crippen LogP contribution in [0.2, 0.25) is 0 Å². The first-order chi connectivity index (χ1) is 21.3. The molecular weight excluding hydrogens is 570 g/mol. The van der Waals surface area contributed by atoms with Gasteiger partial charge in [-0.3, -0.25) is 9.69 Å². The number of aryl methyl sites for hydroxylation is 1. The Labute approximate surface area is 264 Å². The van der Waals surface area contributed by atoms with Gasteiger partial charge in [0, 0.05) is 55.6 Å². The molecule has 2 aromatic heterocycles. The first-order valence-corrected chi connectivity index (χ1v) is 15.5. The normalized spacial score (nSPS) is 20.4. The number of amides is 1. The molecule has 0 bridgehead atoms.